The van der Waals surface area contributed by atoms with Crippen molar-refractivity contribution in [3.05, 3.63) is 59.8 Å². The lowest BCUT2D eigenvalue weighted by Crippen LogP contribution is -2.34. The molecule has 0 N–H and O–H groups in total. The lowest BCUT2D eigenvalue weighted by Gasteiger charge is -2.25. The van der Waals surface area contributed by atoms with Crippen molar-refractivity contribution >= 4 is 23.7 Å². The normalized spacial score (nSPS) is 17.0. The van der Waals surface area contributed by atoms with Gasteiger partial charge in [-0.3, -0.25) is 14.5 Å². The molecule has 2 amide bonds. The van der Waals surface area contributed by atoms with Crippen LogP contribution in [0.25, 0.3) is 6.08 Å². The van der Waals surface area contributed by atoms with E-state index in [4.69, 9.17) is 0 Å². The Labute approximate surface area is 164 Å². The molecule has 0 fully saturated rings. The molecule has 7 heteroatoms. The van der Waals surface area contributed by atoms with Gasteiger partial charge in [-0.1, -0.05) is 11.6 Å². The molecule has 28 heavy (non-hydrogen) atoms. The highest BCUT2D eigenvalue weighted by atomic mass is 16.2. The summed E-state index contributed by atoms with van der Waals surface area (Å²) in [5.41, 5.74) is 3.24. The van der Waals surface area contributed by atoms with Gasteiger partial charge >= 0.3 is 0 Å². The minimum Gasteiger partial charge on any atom is -0.335 e. The summed E-state index contributed by atoms with van der Waals surface area (Å²) >= 11 is 0. The van der Waals surface area contributed by atoms with Crippen LogP contribution in [-0.4, -0.2) is 51.4 Å². The summed E-state index contributed by atoms with van der Waals surface area (Å²) in [6.07, 6.45) is 14.8. The van der Waals surface area contributed by atoms with Crippen molar-refractivity contribution in [1.82, 2.24) is 19.4 Å². The number of aryl methyl sites for hydroxylation is 1. The van der Waals surface area contributed by atoms with Crippen LogP contribution in [0.3, 0.4) is 0 Å². The fraction of sp³-hybridized carbons (Fsp3) is 0.333. The average molecular weight is 377 g/mol. The Hall–Kier alpha value is -3.22. The van der Waals surface area contributed by atoms with Crippen molar-refractivity contribution in [2.45, 2.75) is 25.8 Å². The topological polar surface area (TPSA) is 71.3 Å². The zero-order valence-electron chi connectivity index (χ0n) is 15.9. The van der Waals surface area contributed by atoms with Crippen LogP contribution in [0.1, 0.15) is 24.0 Å². The molecule has 2 aliphatic rings. The standard InChI is InChI=1S/C21H23N5O2/c1-24-19(27)5-3-18-12-17(13-23-21(18)24)2-4-20(28)26-9-6-16(7-10-26)14-25-11-8-22-15-25/h2,4,6,8,11-13,15H,3,5,7,9-10,14H2,1H3/b4-2+. The maximum Gasteiger partial charge on any atom is 0.246 e. The monoisotopic (exact) mass is 377 g/mol. The largest absolute Gasteiger partial charge is 0.335 e. The molecule has 0 unspecified atom stereocenters. The van der Waals surface area contributed by atoms with E-state index in [2.05, 4.69) is 16.0 Å². The number of aromatic nitrogens is 3. The van der Waals surface area contributed by atoms with E-state index in [1.807, 2.05) is 21.7 Å². The molecule has 0 saturated carbocycles. The summed E-state index contributed by atoms with van der Waals surface area (Å²) in [4.78, 5) is 36.1. The van der Waals surface area contributed by atoms with Gasteiger partial charge < -0.3 is 9.47 Å². The van der Waals surface area contributed by atoms with E-state index in [-0.39, 0.29) is 11.8 Å². The highest BCUT2D eigenvalue weighted by Gasteiger charge is 2.22. The molecule has 2 aromatic heterocycles. The summed E-state index contributed by atoms with van der Waals surface area (Å²) in [6, 6.07) is 2.01. The first kappa shape index (κ1) is 18.2. The molecule has 0 saturated heterocycles. The number of amides is 2. The Kier molecular flexibility index (Phi) is 5.06. The summed E-state index contributed by atoms with van der Waals surface area (Å²) in [5.74, 6) is 0.804. The van der Waals surface area contributed by atoms with E-state index in [1.54, 1.807) is 42.8 Å². The van der Waals surface area contributed by atoms with Crippen LogP contribution in [-0.2, 0) is 22.6 Å². The maximum absolute atomic E-state index is 12.5. The van der Waals surface area contributed by atoms with Gasteiger partial charge in [0.15, 0.2) is 0 Å². The SMILES string of the molecule is CN1C(=O)CCc2cc(/C=C/C(=O)N3CC=C(Cn4ccnc4)CC3)cnc21. The highest BCUT2D eigenvalue weighted by molar-refractivity contribution is 5.95. The summed E-state index contributed by atoms with van der Waals surface area (Å²) < 4.78 is 2.04. The van der Waals surface area contributed by atoms with Crippen LogP contribution in [0.5, 0.6) is 0 Å². The van der Waals surface area contributed by atoms with Gasteiger partial charge in [-0.25, -0.2) is 9.97 Å². The minimum atomic E-state index is 0.00273. The zero-order valence-corrected chi connectivity index (χ0v) is 15.9. The number of pyridine rings is 1. The first-order valence-corrected chi connectivity index (χ1v) is 9.46. The average Bonchev–Trinajstić information content (AvgIpc) is 3.22. The van der Waals surface area contributed by atoms with E-state index in [0.29, 0.717) is 25.2 Å². The van der Waals surface area contributed by atoms with E-state index in [0.717, 1.165) is 30.6 Å². The third kappa shape index (κ3) is 3.88. The number of anilines is 1. The molecule has 0 radical (unpaired) electrons. The molecule has 0 aliphatic carbocycles. The maximum atomic E-state index is 12.5. The van der Waals surface area contributed by atoms with Crippen LogP contribution in [0, 0.1) is 0 Å². The van der Waals surface area contributed by atoms with Crippen LogP contribution in [0.2, 0.25) is 0 Å². The number of rotatable bonds is 4. The van der Waals surface area contributed by atoms with E-state index in [9.17, 15) is 9.59 Å². The molecule has 0 bridgehead atoms. The van der Waals surface area contributed by atoms with Gasteiger partial charge in [0.2, 0.25) is 11.8 Å². The Morgan fingerprint density at radius 2 is 2.18 bits per heavy atom. The van der Waals surface area contributed by atoms with Crippen LogP contribution >= 0.6 is 0 Å². The lowest BCUT2D eigenvalue weighted by atomic mass is 10.0. The smallest absolute Gasteiger partial charge is 0.246 e. The van der Waals surface area contributed by atoms with Crippen LogP contribution < -0.4 is 4.90 Å². The fourth-order valence-electron chi connectivity index (χ4n) is 3.57. The Morgan fingerprint density at radius 3 is 2.93 bits per heavy atom. The number of carbonyl (C=O) groups is 2. The van der Waals surface area contributed by atoms with E-state index in [1.165, 1.54) is 5.57 Å². The second kappa shape index (κ2) is 7.80. The summed E-state index contributed by atoms with van der Waals surface area (Å²) in [5, 5.41) is 0. The lowest BCUT2D eigenvalue weighted by molar-refractivity contribution is -0.125. The van der Waals surface area contributed by atoms with E-state index < -0.39 is 0 Å². The number of imidazole rings is 1. The molecule has 2 aromatic rings. The highest BCUT2D eigenvalue weighted by Crippen LogP contribution is 2.25. The Bertz CT molecular complexity index is 946. The third-order valence-corrected chi connectivity index (χ3v) is 5.24. The fourth-order valence-corrected chi connectivity index (χ4v) is 3.57. The van der Waals surface area contributed by atoms with Gasteiger partial charge in [0.05, 0.1) is 6.33 Å². The Morgan fingerprint density at radius 1 is 1.29 bits per heavy atom. The molecule has 0 atom stereocenters. The molecule has 144 valence electrons. The molecule has 4 rings (SSSR count). The third-order valence-electron chi connectivity index (χ3n) is 5.24. The summed E-state index contributed by atoms with van der Waals surface area (Å²) in [7, 11) is 1.75. The molecule has 0 spiro atoms. The number of hydrogen-bond acceptors (Lipinski definition) is 4. The summed E-state index contributed by atoms with van der Waals surface area (Å²) in [6.45, 7) is 2.18. The predicted octanol–water partition coefficient (Wildman–Crippen LogP) is 2.06. The molecular formula is C21H23N5O2. The van der Waals surface area contributed by atoms with Crippen molar-refractivity contribution in [3.63, 3.8) is 0 Å². The van der Waals surface area contributed by atoms with Gasteiger partial charge in [-0.05, 0) is 36.1 Å². The molecule has 7 nitrogen and oxygen atoms in total. The molecular weight excluding hydrogens is 354 g/mol. The van der Waals surface area contributed by atoms with Crippen LogP contribution in [0.4, 0.5) is 5.82 Å². The van der Waals surface area contributed by atoms with E-state index >= 15 is 0 Å². The first-order chi connectivity index (χ1) is 13.6. The second-order valence-corrected chi connectivity index (χ2v) is 7.17. The first-order valence-electron chi connectivity index (χ1n) is 9.46. The van der Waals surface area contributed by atoms with Crippen molar-refractivity contribution < 1.29 is 9.59 Å². The number of carbonyl (C=O) groups excluding carboxylic acids is 2. The second-order valence-electron chi connectivity index (χ2n) is 7.17. The van der Waals surface area contributed by atoms with Crippen molar-refractivity contribution in [1.29, 1.82) is 0 Å². The van der Waals surface area contributed by atoms with Gasteiger partial charge in [-0.15, -0.1) is 0 Å². The minimum absolute atomic E-state index is 0.00273. The molecule has 4 heterocycles. The zero-order chi connectivity index (χ0) is 19.5. The van der Waals surface area contributed by atoms with Gasteiger partial charge in [0.25, 0.3) is 0 Å². The quantitative estimate of drug-likeness (QED) is 0.604. The Balaban J connectivity index is 1.37. The van der Waals surface area contributed by atoms with Crippen molar-refractivity contribution in [3.8, 4) is 0 Å². The molecule has 2 aliphatic heterocycles. The van der Waals surface area contributed by atoms with Crippen molar-refractivity contribution in [2.24, 2.45) is 0 Å². The van der Waals surface area contributed by atoms with Gasteiger partial charge in [0, 0.05) is 57.8 Å². The predicted molar refractivity (Wildman–Crippen MR) is 107 cm³/mol. The molecule has 0 aromatic carbocycles. The van der Waals surface area contributed by atoms with Gasteiger partial charge in [-0.2, -0.15) is 0 Å². The number of nitrogens with zero attached hydrogens (tertiary/aromatic N) is 5. The number of hydrogen-bond donors (Lipinski definition) is 0. The van der Waals surface area contributed by atoms with Gasteiger partial charge in [0.1, 0.15) is 5.82 Å². The van der Waals surface area contributed by atoms with Crippen LogP contribution in [0.15, 0.2) is 48.7 Å². The van der Waals surface area contributed by atoms with Crippen molar-refractivity contribution in [2.75, 3.05) is 25.0 Å². The number of fused-ring (bicyclic) bond motifs is 1.